The number of amides is 3. The Balaban J connectivity index is 1.56. The van der Waals surface area contributed by atoms with Crippen LogP contribution in [0.2, 0.25) is 0 Å². The van der Waals surface area contributed by atoms with Crippen LogP contribution in [0.15, 0.2) is 18.2 Å². The Bertz CT molecular complexity index is 726. The number of benzene rings is 1. The van der Waals surface area contributed by atoms with E-state index in [-0.39, 0.29) is 30.7 Å². The fourth-order valence-corrected chi connectivity index (χ4v) is 3.41. The highest BCUT2D eigenvalue weighted by molar-refractivity contribution is 5.97. The lowest BCUT2D eigenvalue weighted by Crippen LogP contribution is -2.50. The molecule has 3 amide bonds. The molecule has 0 atom stereocenters. The van der Waals surface area contributed by atoms with E-state index >= 15 is 0 Å². The maximum atomic E-state index is 12.6. The lowest BCUT2D eigenvalue weighted by Gasteiger charge is -2.35. The monoisotopic (exact) mass is 373 g/mol. The number of carbonyl (C=O) groups excluding carboxylic acids is 3. The van der Waals surface area contributed by atoms with Crippen LogP contribution in [-0.2, 0) is 20.8 Å². The van der Waals surface area contributed by atoms with Crippen LogP contribution in [0.3, 0.4) is 0 Å². The molecule has 0 radical (unpaired) electrons. The molecule has 0 N–H and O–H groups in total. The second-order valence-electron chi connectivity index (χ2n) is 7.09. The minimum absolute atomic E-state index is 0.0429. The van der Waals surface area contributed by atoms with Crippen LogP contribution in [0.25, 0.3) is 0 Å². The first-order chi connectivity index (χ1) is 13.0. The zero-order valence-corrected chi connectivity index (χ0v) is 16.1. The Morgan fingerprint density at radius 2 is 1.74 bits per heavy atom. The van der Waals surface area contributed by atoms with Crippen molar-refractivity contribution in [1.29, 1.82) is 0 Å². The minimum atomic E-state index is -0.102. The SMILES string of the molecule is CCCCC(=O)N1CCN(C(=O)Cc2ccc3c(c2)N(C)C(=O)CO3)CC1. The van der Waals surface area contributed by atoms with Crippen LogP contribution < -0.4 is 9.64 Å². The Morgan fingerprint density at radius 3 is 2.41 bits per heavy atom. The third kappa shape index (κ3) is 4.40. The molecule has 0 spiro atoms. The van der Waals surface area contributed by atoms with Crippen molar-refractivity contribution in [3.05, 3.63) is 23.8 Å². The van der Waals surface area contributed by atoms with Gasteiger partial charge in [0.25, 0.3) is 5.91 Å². The zero-order valence-electron chi connectivity index (χ0n) is 16.1. The van der Waals surface area contributed by atoms with Gasteiger partial charge in [-0.3, -0.25) is 14.4 Å². The van der Waals surface area contributed by atoms with E-state index in [9.17, 15) is 14.4 Å². The van der Waals surface area contributed by atoms with Crippen molar-refractivity contribution in [2.24, 2.45) is 0 Å². The molecule has 0 aliphatic carbocycles. The first-order valence-electron chi connectivity index (χ1n) is 9.57. The van der Waals surface area contributed by atoms with Crippen molar-refractivity contribution in [3.63, 3.8) is 0 Å². The second kappa shape index (κ2) is 8.41. The van der Waals surface area contributed by atoms with Crippen molar-refractivity contribution in [2.75, 3.05) is 44.7 Å². The first kappa shape index (κ1) is 19.2. The molecule has 3 rings (SSSR count). The smallest absolute Gasteiger partial charge is 0.264 e. The summed E-state index contributed by atoms with van der Waals surface area (Å²) in [6.45, 7) is 4.47. The van der Waals surface area contributed by atoms with Gasteiger partial charge in [-0.1, -0.05) is 19.4 Å². The van der Waals surface area contributed by atoms with Gasteiger partial charge in [0.2, 0.25) is 11.8 Å². The highest BCUT2D eigenvalue weighted by Crippen LogP contribution is 2.32. The summed E-state index contributed by atoms with van der Waals surface area (Å²) >= 11 is 0. The van der Waals surface area contributed by atoms with Gasteiger partial charge >= 0.3 is 0 Å². The van der Waals surface area contributed by atoms with Crippen molar-refractivity contribution in [1.82, 2.24) is 9.80 Å². The molecular weight excluding hydrogens is 346 g/mol. The van der Waals surface area contributed by atoms with Gasteiger partial charge in [-0.2, -0.15) is 0 Å². The fraction of sp³-hybridized carbons (Fsp3) is 0.550. The molecule has 2 heterocycles. The summed E-state index contributed by atoms with van der Waals surface area (Å²) in [6, 6.07) is 5.52. The van der Waals surface area contributed by atoms with E-state index in [1.807, 2.05) is 28.0 Å². The van der Waals surface area contributed by atoms with E-state index in [0.29, 0.717) is 44.0 Å². The number of piperazine rings is 1. The quantitative estimate of drug-likeness (QED) is 0.783. The number of fused-ring (bicyclic) bond motifs is 1. The molecule has 0 saturated carbocycles. The molecule has 2 aliphatic heterocycles. The average Bonchev–Trinajstić information content (AvgIpc) is 2.69. The van der Waals surface area contributed by atoms with Crippen LogP contribution in [0.1, 0.15) is 31.7 Å². The van der Waals surface area contributed by atoms with Gasteiger partial charge < -0.3 is 19.4 Å². The third-order valence-corrected chi connectivity index (χ3v) is 5.19. The highest BCUT2D eigenvalue weighted by atomic mass is 16.5. The standard InChI is InChI=1S/C20H27N3O4/c1-3-4-5-18(24)22-8-10-23(11-9-22)19(25)13-15-6-7-17-16(12-15)21(2)20(26)14-27-17/h6-7,12H,3-5,8-11,13-14H2,1-2H3. The lowest BCUT2D eigenvalue weighted by atomic mass is 10.1. The molecule has 0 aromatic heterocycles. The number of ether oxygens (including phenoxy) is 1. The van der Waals surface area contributed by atoms with Crippen LogP contribution in [-0.4, -0.2) is 67.4 Å². The van der Waals surface area contributed by atoms with Crippen molar-refractivity contribution >= 4 is 23.4 Å². The van der Waals surface area contributed by atoms with Gasteiger partial charge in [0.15, 0.2) is 6.61 Å². The van der Waals surface area contributed by atoms with E-state index in [1.54, 1.807) is 11.9 Å². The van der Waals surface area contributed by atoms with E-state index < -0.39 is 0 Å². The normalized spacial score (nSPS) is 16.8. The summed E-state index contributed by atoms with van der Waals surface area (Å²) in [4.78, 5) is 41.8. The van der Waals surface area contributed by atoms with Crippen molar-refractivity contribution < 1.29 is 19.1 Å². The average molecular weight is 373 g/mol. The van der Waals surface area contributed by atoms with Gasteiger partial charge in [-0.25, -0.2) is 0 Å². The van der Waals surface area contributed by atoms with E-state index in [2.05, 4.69) is 6.92 Å². The number of hydrogen-bond donors (Lipinski definition) is 0. The van der Waals surface area contributed by atoms with E-state index in [4.69, 9.17) is 4.74 Å². The van der Waals surface area contributed by atoms with Gasteiger partial charge in [-0.05, 0) is 24.1 Å². The summed E-state index contributed by atoms with van der Waals surface area (Å²) in [5.41, 5.74) is 1.55. The maximum absolute atomic E-state index is 12.6. The molecule has 7 heteroatoms. The minimum Gasteiger partial charge on any atom is -0.482 e. The van der Waals surface area contributed by atoms with Gasteiger partial charge in [0.1, 0.15) is 5.75 Å². The molecule has 0 bridgehead atoms. The molecule has 0 unspecified atom stereocenters. The van der Waals surface area contributed by atoms with Gasteiger partial charge in [0.05, 0.1) is 12.1 Å². The molecule has 2 aliphatic rings. The number of likely N-dealkylation sites (N-methyl/N-ethyl adjacent to an activating group) is 1. The van der Waals surface area contributed by atoms with Crippen LogP contribution in [0, 0.1) is 0 Å². The van der Waals surface area contributed by atoms with Crippen LogP contribution in [0.4, 0.5) is 5.69 Å². The number of anilines is 1. The Hall–Kier alpha value is -2.57. The summed E-state index contributed by atoms with van der Waals surface area (Å²) in [7, 11) is 1.71. The lowest BCUT2D eigenvalue weighted by molar-refractivity contribution is -0.139. The number of hydrogen-bond acceptors (Lipinski definition) is 4. The fourth-order valence-electron chi connectivity index (χ4n) is 3.41. The maximum Gasteiger partial charge on any atom is 0.264 e. The molecule has 7 nitrogen and oxygen atoms in total. The molecule has 1 aromatic rings. The number of unbranched alkanes of at least 4 members (excludes halogenated alkanes) is 1. The highest BCUT2D eigenvalue weighted by Gasteiger charge is 2.25. The summed E-state index contributed by atoms with van der Waals surface area (Å²) in [5, 5.41) is 0. The molecule has 1 aromatic carbocycles. The predicted molar refractivity (Wildman–Crippen MR) is 102 cm³/mol. The third-order valence-electron chi connectivity index (χ3n) is 5.19. The summed E-state index contributed by atoms with van der Waals surface area (Å²) < 4.78 is 5.42. The molecule has 1 saturated heterocycles. The molecule has 1 fully saturated rings. The van der Waals surface area contributed by atoms with Crippen molar-refractivity contribution in [3.8, 4) is 5.75 Å². The van der Waals surface area contributed by atoms with Gasteiger partial charge in [0, 0.05) is 39.6 Å². The predicted octanol–water partition coefficient (Wildman–Crippen LogP) is 1.45. The summed E-state index contributed by atoms with van der Waals surface area (Å²) in [6.07, 6.45) is 2.79. The van der Waals surface area contributed by atoms with Crippen molar-refractivity contribution in [2.45, 2.75) is 32.6 Å². The molecule has 27 heavy (non-hydrogen) atoms. The molecule has 146 valence electrons. The number of rotatable bonds is 5. The van der Waals surface area contributed by atoms with Crippen LogP contribution in [0.5, 0.6) is 5.75 Å². The Morgan fingerprint density at radius 1 is 1.07 bits per heavy atom. The zero-order chi connectivity index (χ0) is 19.4. The number of carbonyl (C=O) groups is 3. The molecular formula is C20H27N3O4. The number of nitrogens with zero attached hydrogens (tertiary/aromatic N) is 3. The Labute approximate surface area is 159 Å². The largest absolute Gasteiger partial charge is 0.482 e. The van der Waals surface area contributed by atoms with Gasteiger partial charge in [-0.15, -0.1) is 0 Å². The van der Waals surface area contributed by atoms with E-state index in [1.165, 1.54) is 0 Å². The first-order valence-corrected chi connectivity index (χ1v) is 9.57. The summed E-state index contributed by atoms with van der Waals surface area (Å²) in [5.74, 6) is 0.787. The van der Waals surface area contributed by atoms with Crippen LogP contribution >= 0.6 is 0 Å². The topological polar surface area (TPSA) is 70.2 Å². The van der Waals surface area contributed by atoms with E-state index in [0.717, 1.165) is 18.4 Å². The Kier molecular flexibility index (Phi) is 5.98. The second-order valence-corrected chi connectivity index (χ2v) is 7.09.